The number of rotatable bonds is 9. The molecule has 1 saturated heterocycles. The highest BCUT2D eigenvalue weighted by atomic mass is 16.5. The maximum Gasteiger partial charge on any atom is 0.234 e. The molecule has 170 valence electrons. The van der Waals surface area contributed by atoms with Crippen molar-refractivity contribution in [1.82, 2.24) is 10.2 Å². The molecule has 2 aromatic carbocycles. The minimum Gasteiger partial charge on any atom is -0.497 e. The molecule has 0 spiro atoms. The van der Waals surface area contributed by atoms with Crippen LogP contribution < -0.4 is 21.1 Å². The van der Waals surface area contributed by atoms with Crippen molar-refractivity contribution in [2.24, 2.45) is 5.73 Å². The molecule has 32 heavy (non-hydrogen) atoms. The Hall–Kier alpha value is -3.39. The van der Waals surface area contributed by atoms with E-state index in [-0.39, 0.29) is 30.2 Å². The highest BCUT2D eigenvalue weighted by Gasteiger charge is 2.29. The van der Waals surface area contributed by atoms with Crippen molar-refractivity contribution in [3.63, 3.8) is 0 Å². The molecule has 0 aliphatic carbocycles. The Bertz CT molecular complexity index is 961. The lowest BCUT2D eigenvalue weighted by atomic mass is 10.0. The molecule has 8 nitrogen and oxygen atoms in total. The molecule has 2 unspecified atom stereocenters. The third-order valence-corrected chi connectivity index (χ3v) is 5.64. The molecule has 1 aliphatic heterocycles. The lowest BCUT2D eigenvalue weighted by Crippen LogP contribution is -2.39. The molecule has 0 aromatic heterocycles. The monoisotopic (exact) mass is 438 g/mol. The highest BCUT2D eigenvalue weighted by molar-refractivity contribution is 5.92. The number of benzene rings is 2. The number of likely N-dealkylation sites (tertiary alicyclic amines) is 1. The number of nitrogens with zero attached hydrogens (tertiary/aromatic N) is 1. The maximum atomic E-state index is 12.9. The van der Waals surface area contributed by atoms with Crippen molar-refractivity contribution in [1.29, 1.82) is 0 Å². The van der Waals surface area contributed by atoms with E-state index in [0.29, 0.717) is 18.0 Å². The van der Waals surface area contributed by atoms with E-state index in [1.165, 1.54) is 6.92 Å². The number of anilines is 1. The van der Waals surface area contributed by atoms with E-state index in [2.05, 4.69) is 10.6 Å². The minimum absolute atomic E-state index is 0.0773. The summed E-state index contributed by atoms with van der Waals surface area (Å²) in [4.78, 5) is 38.4. The van der Waals surface area contributed by atoms with E-state index in [9.17, 15) is 14.4 Å². The molecule has 1 aliphatic rings. The number of para-hydroxylation sites is 1. The summed E-state index contributed by atoms with van der Waals surface area (Å²) in [5, 5.41) is 5.81. The number of hydrogen-bond donors (Lipinski definition) is 3. The third kappa shape index (κ3) is 6.07. The Kier molecular flexibility index (Phi) is 7.83. The van der Waals surface area contributed by atoms with Gasteiger partial charge in [0.25, 0.3) is 0 Å². The number of hydrogen-bond acceptors (Lipinski definition) is 5. The van der Waals surface area contributed by atoms with Crippen LogP contribution in [0.1, 0.15) is 43.4 Å². The first kappa shape index (κ1) is 23.3. The zero-order valence-electron chi connectivity index (χ0n) is 18.5. The molecule has 0 bridgehead atoms. The average molecular weight is 439 g/mol. The zero-order valence-corrected chi connectivity index (χ0v) is 18.5. The summed E-state index contributed by atoms with van der Waals surface area (Å²) in [6, 6.07) is 14.0. The van der Waals surface area contributed by atoms with Gasteiger partial charge < -0.3 is 21.1 Å². The van der Waals surface area contributed by atoms with Gasteiger partial charge in [-0.05, 0) is 48.7 Å². The van der Waals surface area contributed by atoms with Crippen molar-refractivity contribution in [3.05, 3.63) is 59.7 Å². The van der Waals surface area contributed by atoms with Crippen LogP contribution in [-0.2, 0) is 20.9 Å². The molecule has 3 amide bonds. The summed E-state index contributed by atoms with van der Waals surface area (Å²) >= 11 is 0. The molecular formula is C24H30N4O4. The molecule has 0 saturated carbocycles. The van der Waals surface area contributed by atoms with Gasteiger partial charge in [-0.25, -0.2) is 0 Å². The molecule has 3 rings (SSSR count). The van der Waals surface area contributed by atoms with Crippen LogP contribution in [0.3, 0.4) is 0 Å². The standard InChI is InChI=1S/C24H30N4O4/c1-16(29)26-21(17-9-11-19(32-2)12-10-17)14-23(30)27-20-7-4-3-6-18(20)15-28-13-5-8-22(28)24(25)31/h3-4,6-7,9-12,21-22H,5,8,13-15H2,1-2H3,(H2,25,31)(H,26,29)(H,27,30). The molecule has 1 fully saturated rings. The number of amides is 3. The molecule has 0 radical (unpaired) electrons. The van der Waals surface area contributed by atoms with Gasteiger partial charge in [0.1, 0.15) is 5.75 Å². The minimum atomic E-state index is -0.469. The summed E-state index contributed by atoms with van der Waals surface area (Å²) in [7, 11) is 1.58. The van der Waals surface area contributed by atoms with Gasteiger partial charge in [0.05, 0.1) is 25.6 Å². The van der Waals surface area contributed by atoms with Crippen molar-refractivity contribution in [2.45, 2.75) is 44.8 Å². The lowest BCUT2D eigenvalue weighted by molar-refractivity contribution is -0.123. The number of ether oxygens (including phenoxy) is 1. The van der Waals surface area contributed by atoms with Crippen molar-refractivity contribution < 1.29 is 19.1 Å². The summed E-state index contributed by atoms with van der Waals surface area (Å²) < 4.78 is 5.18. The largest absolute Gasteiger partial charge is 0.497 e. The van der Waals surface area contributed by atoms with Gasteiger partial charge in [0.15, 0.2) is 0 Å². The normalized spacial score (nSPS) is 16.9. The Labute approximate surface area is 188 Å². The lowest BCUT2D eigenvalue weighted by Gasteiger charge is -2.23. The van der Waals surface area contributed by atoms with Crippen LogP contribution in [0, 0.1) is 0 Å². The molecular weight excluding hydrogens is 408 g/mol. The first-order chi connectivity index (χ1) is 15.4. The third-order valence-electron chi connectivity index (χ3n) is 5.64. The van der Waals surface area contributed by atoms with Gasteiger partial charge in [-0.3, -0.25) is 19.3 Å². The number of methoxy groups -OCH3 is 1. The average Bonchev–Trinajstić information content (AvgIpc) is 3.23. The number of nitrogens with one attached hydrogen (secondary N) is 2. The second kappa shape index (κ2) is 10.8. The van der Waals surface area contributed by atoms with Crippen molar-refractivity contribution in [3.8, 4) is 5.75 Å². The van der Waals surface area contributed by atoms with Crippen molar-refractivity contribution in [2.75, 3.05) is 19.0 Å². The summed E-state index contributed by atoms with van der Waals surface area (Å²) in [5.74, 6) is -0.0584. The van der Waals surface area contributed by atoms with Crippen LogP contribution in [0.5, 0.6) is 5.75 Å². The second-order valence-electron chi connectivity index (χ2n) is 7.97. The van der Waals surface area contributed by atoms with Gasteiger partial charge in [-0.2, -0.15) is 0 Å². The Morgan fingerprint density at radius 2 is 1.88 bits per heavy atom. The topological polar surface area (TPSA) is 114 Å². The Balaban J connectivity index is 1.71. The smallest absolute Gasteiger partial charge is 0.234 e. The molecule has 2 atom stereocenters. The van der Waals surface area contributed by atoms with Crippen LogP contribution in [0.25, 0.3) is 0 Å². The summed E-state index contributed by atoms with van der Waals surface area (Å²) in [6.07, 6.45) is 1.75. The first-order valence-electron chi connectivity index (χ1n) is 10.7. The number of carbonyl (C=O) groups is 3. The predicted octanol–water partition coefficient (Wildman–Crippen LogP) is 2.35. The molecule has 1 heterocycles. The van der Waals surface area contributed by atoms with E-state index < -0.39 is 6.04 Å². The summed E-state index contributed by atoms with van der Waals surface area (Å²) in [5.41, 5.74) is 7.94. The van der Waals surface area contributed by atoms with Crippen LogP contribution in [0.4, 0.5) is 5.69 Å². The number of carbonyl (C=O) groups excluding carboxylic acids is 3. The summed E-state index contributed by atoms with van der Waals surface area (Å²) in [6.45, 7) is 2.74. The van der Waals surface area contributed by atoms with Gasteiger partial charge >= 0.3 is 0 Å². The van der Waals surface area contributed by atoms with Gasteiger partial charge in [-0.15, -0.1) is 0 Å². The predicted molar refractivity (Wildman–Crippen MR) is 122 cm³/mol. The van der Waals surface area contributed by atoms with E-state index >= 15 is 0 Å². The van der Waals surface area contributed by atoms with Gasteiger partial charge in [0, 0.05) is 19.2 Å². The van der Waals surface area contributed by atoms with Crippen molar-refractivity contribution >= 4 is 23.4 Å². The van der Waals surface area contributed by atoms with E-state index in [0.717, 1.165) is 30.5 Å². The second-order valence-corrected chi connectivity index (χ2v) is 7.97. The fourth-order valence-electron chi connectivity index (χ4n) is 4.06. The number of nitrogens with two attached hydrogens (primary N) is 1. The first-order valence-corrected chi connectivity index (χ1v) is 10.7. The fourth-order valence-corrected chi connectivity index (χ4v) is 4.06. The molecule has 2 aromatic rings. The SMILES string of the molecule is COc1ccc(C(CC(=O)Nc2ccccc2CN2CCCC2C(N)=O)NC(C)=O)cc1. The molecule has 8 heteroatoms. The highest BCUT2D eigenvalue weighted by Crippen LogP contribution is 2.25. The quantitative estimate of drug-likeness (QED) is 0.556. The van der Waals surface area contributed by atoms with Gasteiger partial charge in [0.2, 0.25) is 17.7 Å². The van der Waals surface area contributed by atoms with E-state index in [4.69, 9.17) is 10.5 Å². The maximum absolute atomic E-state index is 12.9. The zero-order chi connectivity index (χ0) is 23.1. The Morgan fingerprint density at radius 3 is 2.53 bits per heavy atom. The van der Waals surface area contributed by atoms with Gasteiger partial charge in [-0.1, -0.05) is 30.3 Å². The van der Waals surface area contributed by atoms with E-state index in [1.807, 2.05) is 41.3 Å². The van der Waals surface area contributed by atoms with Crippen LogP contribution in [0.2, 0.25) is 0 Å². The van der Waals surface area contributed by atoms with Crippen LogP contribution in [0.15, 0.2) is 48.5 Å². The van der Waals surface area contributed by atoms with Crippen LogP contribution in [-0.4, -0.2) is 42.3 Å². The van der Waals surface area contributed by atoms with E-state index in [1.54, 1.807) is 19.2 Å². The number of primary amides is 1. The fraction of sp³-hybridized carbons (Fsp3) is 0.375. The molecule has 4 N–H and O–H groups in total. The Morgan fingerprint density at radius 1 is 1.16 bits per heavy atom. The van der Waals surface area contributed by atoms with Crippen LogP contribution >= 0.6 is 0 Å².